The van der Waals surface area contributed by atoms with E-state index in [0.717, 1.165) is 24.9 Å². The lowest BCUT2D eigenvalue weighted by Crippen LogP contribution is -2.08. The third kappa shape index (κ3) is 5.02. The van der Waals surface area contributed by atoms with Gasteiger partial charge in [0, 0.05) is 18.3 Å². The van der Waals surface area contributed by atoms with E-state index in [2.05, 4.69) is 36.1 Å². The summed E-state index contributed by atoms with van der Waals surface area (Å²) in [4.78, 5) is 8.58. The molecular formula is C13H23N3O. The van der Waals surface area contributed by atoms with Crippen LogP contribution in [0, 0.1) is 12.8 Å². The molecule has 0 atom stereocenters. The molecule has 0 saturated heterocycles. The molecule has 0 bridgehead atoms. The second-order valence-electron chi connectivity index (χ2n) is 4.64. The molecule has 0 amide bonds. The summed E-state index contributed by atoms with van der Waals surface area (Å²) in [6, 6.07) is 0. The molecule has 0 unspecified atom stereocenters. The Bertz CT molecular complexity index is 339. The number of aromatic nitrogens is 2. The highest BCUT2D eigenvalue weighted by Crippen LogP contribution is 2.16. The van der Waals surface area contributed by atoms with Crippen molar-refractivity contribution in [3.63, 3.8) is 0 Å². The van der Waals surface area contributed by atoms with Crippen LogP contribution in [0.15, 0.2) is 6.20 Å². The quantitative estimate of drug-likeness (QED) is 0.792. The van der Waals surface area contributed by atoms with E-state index in [1.54, 1.807) is 6.20 Å². The van der Waals surface area contributed by atoms with Crippen molar-refractivity contribution in [3.8, 4) is 5.88 Å². The first-order chi connectivity index (χ1) is 8.13. The Balaban J connectivity index is 2.56. The van der Waals surface area contributed by atoms with Crippen LogP contribution in [0.3, 0.4) is 0 Å². The Morgan fingerprint density at radius 3 is 2.82 bits per heavy atom. The van der Waals surface area contributed by atoms with Crippen LogP contribution in [0.4, 0.5) is 5.95 Å². The lowest BCUT2D eigenvalue weighted by molar-refractivity contribution is 0.277. The van der Waals surface area contributed by atoms with Crippen molar-refractivity contribution in [2.75, 3.05) is 18.5 Å². The first-order valence-corrected chi connectivity index (χ1v) is 6.33. The highest BCUT2D eigenvalue weighted by atomic mass is 16.5. The Labute approximate surface area is 104 Å². The Morgan fingerprint density at radius 2 is 2.18 bits per heavy atom. The van der Waals surface area contributed by atoms with Gasteiger partial charge < -0.3 is 10.1 Å². The van der Waals surface area contributed by atoms with Gasteiger partial charge in [0.25, 0.3) is 0 Å². The Morgan fingerprint density at radius 1 is 1.41 bits per heavy atom. The number of hydrogen-bond donors (Lipinski definition) is 1. The SMILES string of the molecule is CCCNc1ncc(C)c(OCCC(C)C)n1. The van der Waals surface area contributed by atoms with Crippen LogP contribution in [0.2, 0.25) is 0 Å². The molecule has 0 radical (unpaired) electrons. The topological polar surface area (TPSA) is 47.0 Å². The zero-order chi connectivity index (χ0) is 12.7. The summed E-state index contributed by atoms with van der Waals surface area (Å²) in [5, 5.41) is 3.16. The van der Waals surface area contributed by atoms with Crippen LogP contribution in [-0.2, 0) is 0 Å². The molecule has 0 aliphatic heterocycles. The summed E-state index contributed by atoms with van der Waals surface area (Å²) >= 11 is 0. The zero-order valence-electron chi connectivity index (χ0n) is 11.3. The van der Waals surface area contributed by atoms with Gasteiger partial charge in [-0.2, -0.15) is 4.98 Å². The zero-order valence-corrected chi connectivity index (χ0v) is 11.3. The minimum atomic E-state index is 0.648. The van der Waals surface area contributed by atoms with E-state index in [4.69, 9.17) is 4.74 Å². The lowest BCUT2D eigenvalue weighted by atomic mass is 10.1. The number of rotatable bonds is 7. The number of nitrogens with zero attached hydrogens (tertiary/aromatic N) is 2. The first kappa shape index (κ1) is 13.7. The molecule has 0 saturated carbocycles. The monoisotopic (exact) mass is 237 g/mol. The largest absolute Gasteiger partial charge is 0.477 e. The van der Waals surface area contributed by atoms with Crippen molar-refractivity contribution in [1.29, 1.82) is 0 Å². The van der Waals surface area contributed by atoms with Crippen LogP contribution in [0.25, 0.3) is 0 Å². The van der Waals surface area contributed by atoms with E-state index in [1.807, 2.05) is 6.92 Å². The fourth-order valence-corrected chi connectivity index (χ4v) is 1.29. The van der Waals surface area contributed by atoms with E-state index in [-0.39, 0.29) is 0 Å². The van der Waals surface area contributed by atoms with Gasteiger partial charge in [-0.3, -0.25) is 0 Å². The van der Waals surface area contributed by atoms with Gasteiger partial charge in [0.1, 0.15) is 0 Å². The van der Waals surface area contributed by atoms with E-state index < -0.39 is 0 Å². The molecule has 0 fully saturated rings. The minimum Gasteiger partial charge on any atom is -0.477 e. The van der Waals surface area contributed by atoms with Crippen LogP contribution in [0.5, 0.6) is 5.88 Å². The maximum Gasteiger partial charge on any atom is 0.225 e. The molecule has 17 heavy (non-hydrogen) atoms. The average Bonchev–Trinajstić information content (AvgIpc) is 2.29. The minimum absolute atomic E-state index is 0.648. The van der Waals surface area contributed by atoms with Gasteiger partial charge in [-0.05, 0) is 25.7 Å². The number of hydrogen-bond acceptors (Lipinski definition) is 4. The molecule has 96 valence electrons. The normalized spacial score (nSPS) is 10.6. The van der Waals surface area contributed by atoms with Gasteiger partial charge in [0.05, 0.1) is 6.61 Å². The number of aryl methyl sites for hydroxylation is 1. The summed E-state index contributed by atoms with van der Waals surface area (Å²) in [5.41, 5.74) is 0.982. The molecule has 1 N–H and O–H groups in total. The highest BCUT2D eigenvalue weighted by Gasteiger charge is 2.05. The lowest BCUT2D eigenvalue weighted by Gasteiger charge is -2.10. The second kappa shape index (κ2) is 7.09. The summed E-state index contributed by atoms with van der Waals surface area (Å²) in [5.74, 6) is 1.99. The van der Waals surface area contributed by atoms with Crippen molar-refractivity contribution >= 4 is 5.95 Å². The van der Waals surface area contributed by atoms with Crippen LogP contribution < -0.4 is 10.1 Å². The summed E-state index contributed by atoms with van der Waals surface area (Å²) < 4.78 is 5.68. The van der Waals surface area contributed by atoms with Gasteiger partial charge in [-0.15, -0.1) is 0 Å². The number of anilines is 1. The van der Waals surface area contributed by atoms with E-state index >= 15 is 0 Å². The Hall–Kier alpha value is -1.32. The van der Waals surface area contributed by atoms with Gasteiger partial charge >= 0.3 is 0 Å². The third-order valence-corrected chi connectivity index (χ3v) is 2.39. The summed E-state index contributed by atoms with van der Waals surface area (Å²) in [7, 11) is 0. The molecule has 4 heteroatoms. The van der Waals surface area contributed by atoms with E-state index in [0.29, 0.717) is 24.4 Å². The van der Waals surface area contributed by atoms with Crippen molar-refractivity contribution in [2.45, 2.75) is 40.5 Å². The molecule has 0 spiro atoms. The van der Waals surface area contributed by atoms with Gasteiger partial charge in [0.15, 0.2) is 0 Å². The van der Waals surface area contributed by atoms with Gasteiger partial charge in [0.2, 0.25) is 11.8 Å². The fourth-order valence-electron chi connectivity index (χ4n) is 1.29. The van der Waals surface area contributed by atoms with Gasteiger partial charge in [-0.25, -0.2) is 4.98 Å². The van der Waals surface area contributed by atoms with Crippen molar-refractivity contribution in [1.82, 2.24) is 9.97 Å². The molecule has 4 nitrogen and oxygen atoms in total. The van der Waals surface area contributed by atoms with E-state index in [1.165, 1.54) is 0 Å². The van der Waals surface area contributed by atoms with Crippen molar-refractivity contribution < 1.29 is 4.74 Å². The molecule has 0 aromatic carbocycles. The van der Waals surface area contributed by atoms with Crippen LogP contribution >= 0.6 is 0 Å². The highest BCUT2D eigenvalue weighted by molar-refractivity contribution is 5.32. The maximum atomic E-state index is 5.68. The molecule has 1 aromatic heterocycles. The molecule has 1 heterocycles. The number of ether oxygens (including phenoxy) is 1. The van der Waals surface area contributed by atoms with E-state index in [9.17, 15) is 0 Å². The molecule has 1 rings (SSSR count). The smallest absolute Gasteiger partial charge is 0.225 e. The predicted octanol–water partition coefficient (Wildman–Crippen LogP) is 3.03. The molecule has 0 aliphatic carbocycles. The molecular weight excluding hydrogens is 214 g/mol. The van der Waals surface area contributed by atoms with Gasteiger partial charge in [-0.1, -0.05) is 20.8 Å². The maximum absolute atomic E-state index is 5.68. The third-order valence-electron chi connectivity index (χ3n) is 2.39. The predicted molar refractivity (Wildman–Crippen MR) is 70.5 cm³/mol. The van der Waals surface area contributed by atoms with Crippen molar-refractivity contribution in [3.05, 3.63) is 11.8 Å². The average molecular weight is 237 g/mol. The second-order valence-corrected chi connectivity index (χ2v) is 4.64. The Kier molecular flexibility index (Phi) is 5.73. The standard InChI is InChI=1S/C13H23N3O/c1-5-7-14-13-15-9-11(4)12(16-13)17-8-6-10(2)3/h9-10H,5-8H2,1-4H3,(H,14,15,16). The number of nitrogens with one attached hydrogen (secondary N) is 1. The van der Waals surface area contributed by atoms with Crippen LogP contribution in [0.1, 0.15) is 39.2 Å². The fraction of sp³-hybridized carbons (Fsp3) is 0.692. The molecule has 0 aliphatic rings. The summed E-state index contributed by atoms with van der Waals surface area (Å²) in [6.45, 7) is 10.0. The van der Waals surface area contributed by atoms with Crippen LogP contribution in [-0.4, -0.2) is 23.1 Å². The summed E-state index contributed by atoms with van der Waals surface area (Å²) in [6.07, 6.45) is 3.90. The first-order valence-electron chi connectivity index (χ1n) is 6.33. The van der Waals surface area contributed by atoms with Crippen molar-refractivity contribution in [2.24, 2.45) is 5.92 Å². The molecule has 1 aromatic rings.